The molecule has 5 heteroatoms. The molecule has 28 heavy (non-hydrogen) atoms. The molecule has 144 valence electrons. The van der Waals surface area contributed by atoms with E-state index < -0.39 is 0 Å². The topological polar surface area (TPSA) is 52.7 Å². The van der Waals surface area contributed by atoms with Crippen LogP contribution in [0.2, 0.25) is 0 Å². The quantitative estimate of drug-likeness (QED) is 0.836. The number of anilines is 2. The standard InChI is InChI=1S/C23H25N3O2/c1-17-6-10-21(11-7-17)26-16-19(15-22(26)27)23(28)24-14-4-5-18-8-12-20(13-9-18)25(2)3/h6-13,19H,14-16H2,1-3H3,(H,24,28). The van der Waals surface area contributed by atoms with E-state index >= 15 is 0 Å². The van der Waals surface area contributed by atoms with Crippen LogP contribution in [0.1, 0.15) is 17.5 Å². The van der Waals surface area contributed by atoms with Gasteiger partial charge in [0.1, 0.15) is 0 Å². The average Bonchev–Trinajstić information content (AvgIpc) is 3.08. The number of aryl methyl sites for hydroxylation is 1. The van der Waals surface area contributed by atoms with Crippen LogP contribution in [-0.4, -0.2) is 39.0 Å². The van der Waals surface area contributed by atoms with Crippen LogP contribution in [0.5, 0.6) is 0 Å². The van der Waals surface area contributed by atoms with E-state index in [2.05, 4.69) is 17.2 Å². The first-order chi connectivity index (χ1) is 13.4. The van der Waals surface area contributed by atoms with E-state index in [1.165, 1.54) is 0 Å². The second-order valence-electron chi connectivity index (χ2n) is 7.20. The van der Waals surface area contributed by atoms with E-state index in [9.17, 15) is 9.59 Å². The van der Waals surface area contributed by atoms with Gasteiger partial charge in [0.15, 0.2) is 0 Å². The molecule has 1 saturated heterocycles. The molecular formula is C23H25N3O2. The van der Waals surface area contributed by atoms with Crippen molar-refractivity contribution in [2.24, 2.45) is 5.92 Å². The summed E-state index contributed by atoms with van der Waals surface area (Å²) in [6.45, 7) is 2.68. The third kappa shape index (κ3) is 4.72. The van der Waals surface area contributed by atoms with Gasteiger partial charge in [0.05, 0.1) is 12.5 Å². The Morgan fingerprint density at radius 1 is 1.14 bits per heavy atom. The molecule has 3 rings (SSSR count). The van der Waals surface area contributed by atoms with Gasteiger partial charge in [-0.1, -0.05) is 29.5 Å². The fraction of sp³-hybridized carbons (Fsp3) is 0.304. The van der Waals surface area contributed by atoms with Crippen LogP contribution >= 0.6 is 0 Å². The van der Waals surface area contributed by atoms with Gasteiger partial charge in [-0.15, -0.1) is 0 Å². The zero-order chi connectivity index (χ0) is 20.1. The molecule has 1 heterocycles. The van der Waals surface area contributed by atoms with Crippen molar-refractivity contribution in [3.63, 3.8) is 0 Å². The van der Waals surface area contributed by atoms with E-state index in [1.54, 1.807) is 4.90 Å². The zero-order valence-corrected chi connectivity index (χ0v) is 16.5. The maximum atomic E-state index is 12.4. The summed E-state index contributed by atoms with van der Waals surface area (Å²) in [4.78, 5) is 28.4. The lowest BCUT2D eigenvalue weighted by Gasteiger charge is -2.16. The number of nitrogens with one attached hydrogen (secondary N) is 1. The van der Waals surface area contributed by atoms with Crippen molar-refractivity contribution in [2.75, 3.05) is 37.0 Å². The third-order valence-corrected chi connectivity index (χ3v) is 4.81. The molecule has 0 radical (unpaired) electrons. The molecule has 1 fully saturated rings. The fourth-order valence-corrected chi connectivity index (χ4v) is 3.12. The molecule has 0 saturated carbocycles. The van der Waals surface area contributed by atoms with Crippen molar-refractivity contribution in [1.82, 2.24) is 5.32 Å². The summed E-state index contributed by atoms with van der Waals surface area (Å²) in [5.41, 5.74) is 4.00. The maximum absolute atomic E-state index is 12.4. The largest absolute Gasteiger partial charge is 0.378 e. The third-order valence-electron chi connectivity index (χ3n) is 4.81. The van der Waals surface area contributed by atoms with Crippen molar-refractivity contribution in [1.29, 1.82) is 0 Å². The summed E-state index contributed by atoms with van der Waals surface area (Å²) in [5.74, 6) is 5.54. The first-order valence-electron chi connectivity index (χ1n) is 9.35. The first-order valence-corrected chi connectivity index (χ1v) is 9.35. The Morgan fingerprint density at radius 2 is 1.82 bits per heavy atom. The molecule has 5 nitrogen and oxygen atoms in total. The van der Waals surface area contributed by atoms with Crippen LogP contribution in [-0.2, 0) is 9.59 Å². The predicted molar refractivity (Wildman–Crippen MR) is 112 cm³/mol. The van der Waals surface area contributed by atoms with E-state index in [0.717, 1.165) is 22.5 Å². The zero-order valence-electron chi connectivity index (χ0n) is 16.5. The van der Waals surface area contributed by atoms with Gasteiger partial charge in [0.25, 0.3) is 0 Å². The summed E-state index contributed by atoms with van der Waals surface area (Å²) in [6.07, 6.45) is 0.235. The number of hydrogen-bond donors (Lipinski definition) is 1. The minimum Gasteiger partial charge on any atom is -0.378 e. The second kappa shape index (κ2) is 8.62. The van der Waals surface area contributed by atoms with Crippen molar-refractivity contribution in [3.8, 4) is 11.8 Å². The Kier molecular flexibility index (Phi) is 6.00. The minimum absolute atomic E-state index is 0.0175. The smallest absolute Gasteiger partial charge is 0.227 e. The van der Waals surface area contributed by atoms with Gasteiger partial charge < -0.3 is 15.1 Å². The van der Waals surface area contributed by atoms with Crippen LogP contribution in [0.4, 0.5) is 11.4 Å². The Balaban J connectivity index is 1.52. The molecule has 2 amide bonds. The summed E-state index contributed by atoms with van der Waals surface area (Å²) in [6, 6.07) is 15.7. The van der Waals surface area contributed by atoms with Crippen LogP contribution in [0.15, 0.2) is 48.5 Å². The highest BCUT2D eigenvalue weighted by molar-refractivity contribution is 6.00. The Hall–Kier alpha value is -3.26. The summed E-state index contributed by atoms with van der Waals surface area (Å²) >= 11 is 0. The van der Waals surface area contributed by atoms with Crippen LogP contribution < -0.4 is 15.1 Å². The van der Waals surface area contributed by atoms with E-state index in [-0.39, 0.29) is 30.7 Å². The molecule has 0 aromatic heterocycles. The maximum Gasteiger partial charge on any atom is 0.227 e. The average molecular weight is 375 g/mol. The highest BCUT2D eigenvalue weighted by Gasteiger charge is 2.34. The van der Waals surface area contributed by atoms with E-state index in [4.69, 9.17) is 0 Å². The monoisotopic (exact) mass is 375 g/mol. The molecule has 1 atom stereocenters. The highest BCUT2D eigenvalue weighted by Crippen LogP contribution is 2.25. The predicted octanol–water partition coefficient (Wildman–Crippen LogP) is 2.58. The molecular weight excluding hydrogens is 350 g/mol. The summed E-state index contributed by atoms with van der Waals surface area (Å²) in [7, 11) is 3.98. The lowest BCUT2D eigenvalue weighted by molar-refractivity contribution is -0.126. The summed E-state index contributed by atoms with van der Waals surface area (Å²) in [5, 5.41) is 2.83. The molecule has 0 bridgehead atoms. The van der Waals surface area contributed by atoms with Gasteiger partial charge in [-0.25, -0.2) is 0 Å². The van der Waals surface area contributed by atoms with Gasteiger partial charge in [-0.2, -0.15) is 0 Å². The van der Waals surface area contributed by atoms with Crippen molar-refractivity contribution >= 4 is 23.2 Å². The van der Waals surface area contributed by atoms with Gasteiger partial charge in [0, 0.05) is 44.0 Å². The molecule has 0 spiro atoms. The van der Waals surface area contributed by atoms with Crippen molar-refractivity contribution < 1.29 is 9.59 Å². The Labute approximate surface area is 166 Å². The fourth-order valence-electron chi connectivity index (χ4n) is 3.12. The number of hydrogen-bond acceptors (Lipinski definition) is 3. The number of carbonyl (C=O) groups is 2. The molecule has 1 aliphatic heterocycles. The second-order valence-corrected chi connectivity index (χ2v) is 7.20. The number of carbonyl (C=O) groups excluding carboxylic acids is 2. The lowest BCUT2D eigenvalue weighted by Crippen LogP contribution is -2.33. The summed E-state index contributed by atoms with van der Waals surface area (Å²) < 4.78 is 0. The Bertz CT molecular complexity index is 906. The van der Waals surface area contributed by atoms with Crippen molar-refractivity contribution in [3.05, 3.63) is 59.7 Å². The van der Waals surface area contributed by atoms with Crippen molar-refractivity contribution in [2.45, 2.75) is 13.3 Å². The molecule has 2 aromatic carbocycles. The van der Waals surface area contributed by atoms with E-state index in [1.807, 2.05) is 74.4 Å². The first kappa shape index (κ1) is 19.5. The SMILES string of the molecule is Cc1ccc(N2CC(C(=O)NCC#Cc3ccc(N(C)C)cc3)CC2=O)cc1. The number of nitrogens with zero attached hydrogens (tertiary/aromatic N) is 2. The molecule has 1 aliphatic rings. The van der Waals surface area contributed by atoms with Gasteiger partial charge in [0.2, 0.25) is 11.8 Å². The van der Waals surface area contributed by atoms with Gasteiger partial charge >= 0.3 is 0 Å². The highest BCUT2D eigenvalue weighted by atomic mass is 16.2. The normalized spacial score (nSPS) is 15.8. The number of amides is 2. The van der Waals surface area contributed by atoms with Crippen LogP contribution in [0.3, 0.4) is 0 Å². The molecule has 2 aromatic rings. The number of benzene rings is 2. The Morgan fingerprint density at radius 3 is 2.46 bits per heavy atom. The van der Waals surface area contributed by atoms with Gasteiger partial charge in [-0.3, -0.25) is 9.59 Å². The molecule has 0 aliphatic carbocycles. The minimum atomic E-state index is -0.338. The van der Waals surface area contributed by atoms with Crippen LogP contribution in [0.25, 0.3) is 0 Å². The molecule has 1 unspecified atom stereocenters. The number of rotatable bonds is 4. The van der Waals surface area contributed by atoms with E-state index in [0.29, 0.717) is 6.54 Å². The van der Waals surface area contributed by atoms with Crippen LogP contribution in [0, 0.1) is 24.7 Å². The van der Waals surface area contributed by atoms with Gasteiger partial charge in [-0.05, 0) is 43.3 Å². The molecule has 1 N–H and O–H groups in total. The lowest BCUT2D eigenvalue weighted by atomic mass is 10.1.